The third-order valence-corrected chi connectivity index (χ3v) is 4.21. The Morgan fingerprint density at radius 2 is 1.89 bits per heavy atom. The number of hydrogen-bond acceptors (Lipinski definition) is 3. The highest BCUT2D eigenvalue weighted by molar-refractivity contribution is 5.97. The lowest BCUT2D eigenvalue weighted by atomic mass is 9.88. The predicted octanol–water partition coefficient (Wildman–Crippen LogP) is 3.10. The van der Waals surface area contributed by atoms with E-state index in [4.69, 9.17) is 4.74 Å². The van der Waals surface area contributed by atoms with E-state index in [9.17, 15) is 18.4 Å². The summed E-state index contributed by atoms with van der Waals surface area (Å²) in [5.41, 5.74) is 0.588. The number of methoxy groups -OCH3 is 1. The van der Waals surface area contributed by atoms with E-state index in [0.717, 1.165) is 6.07 Å². The molecule has 0 saturated carbocycles. The number of amides is 3. The Kier molecular flexibility index (Phi) is 5.07. The van der Waals surface area contributed by atoms with Gasteiger partial charge in [0, 0.05) is 23.0 Å². The fourth-order valence-corrected chi connectivity index (χ4v) is 2.90. The second-order valence-electron chi connectivity index (χ2n) is 5.96. The third kappa shape index (κ3) is 3.89. The van der Waals surface area contributed by atoms with Gasteiger partial charge in [-0.1, -0.05) is 12.6 Å². The molecule has 27 heavy (non-hydrogen) atoms. The van der Waals surface area contributed by atoms with E-state index in [1.54, 1.807) is 24.3 Å². The summed E-state index contributed by atoms with van der Waals surface area (Å²) in [7, 11) is 1.52. The SMILES string of the molecule is C=C1NC(=O)N[C@@H](c2ccc(F)cc2F)[C@H]1C(=O)Nc1ccc(OC)cc1. The van der Waals surface area contributed by atoms with Crippen molar-refractivity contribution in [3.63, 3.8) is 0 Å². The van der Waals surface area contributed by atoms with Crippen molar-refractivity contribution in [1.82, 2.24) is 10.6 Å². The molecule has 1 fully saturated rings. The van der Waals surface area contributed by atoms with Gasteiger partial charge in [0.1, 0.15) is 23.3 Å². The Hall–Kier alpha value is -3.42. The molecule has 0 unspecified atom stereocenters. The largest absolute Gasteiger partial charge is 0.497 e. The van der Waals surface area contributed by atoms with Crippen molar-refractivity contribution in [2.24, 2.45) is 5.92 Å². The molecule has 0 radical (unpaired) electrons. The first-order valence-corrected chi connectivity index (χ1v) is 8.05. The summed E-state index contributed by atoms with van der Waals surface area (Å²) < 4.78 is 32.5. The quantitative estimate of drug-likeness (QED) is 0.771. The molecule has 2 aromatic rings. The minimum Gasteiger partial charge on any atom is -0.497 e. The van der Waals surface area contributed by atoms with Crippen LogP contribution < -0.4 is 20.7 Å². The number of urea groups is 1. The Balaban J connectivity index is 1.89. The number of hydrogen-bond donors (Lipinski definition) is 3. The maximum absolute atomic E-state index is 14.2. The lowest BCUT2D eigenvalue weighted by Crippen LogP contribution is -2.52. The van der Waals surface area contributed by atoms with Gasteiger partial charge in [-0.2, -0.15) is 0 Å². The fourth-order valence-electron chi connectivity index (χ4n) is 2.90. The molecule has 1 aliphatic heterocycles. The van der Waals surface area contributed by atoms with Gasteiger partial charge in [-0.25, -0.2) is 13.6 Å². The molecule has 1 heterocycles. The van der Waals surface area contributed by atoms with Gasteiger partial charge >= 0.3 is 6.03 Å². The molecule has 0 aromatic heterocycles. The fraction of sp³-hybridized carbons (Fsp3) is 0.158. The molecule has 8 heteroatoms. The molecule has 3 rings (SSSR count). The van der Waals surface area contributed by atoms with Crippen molar-refractivity contribution in [2.75, 3.05) is 12.4 Å². The summed E-state index contributed by atoms with van der Waals surface area (Å²) in [6, 6.07) is 7.92. The van der Waals surface area contributed by atoms with Crippen LogP contribution in [0.3, 0.4) is 0 Å². The normalized spacial score (nSPS) is 19.1. The number of carbonyl (C=O) groups excluding carboxylic acids is 2. The van der Waals surface area contributed by atoms with Crippen LogP contribution in [0.15, 0.2) is 54.7 Å². The molecule has 140 valence electrons. The van der Waals surface area contributed by atoms with Crippen LogP contribution in [0.25, 0.3) is 0 Å². The first kappa shape index (κ1) is 18.4. The number of halogens is 2. The van der Waals surface area contributed by atoms with E-state index >= 15 is 0 Å². The second kappa shape index (κ2) is 7.45. The molecule has 1 aliphatic rings. The van der Waals surface area contributed by atoms with Crippen molar-refractivity contribution < 1.29 is 23.1 Å². The second-order valence-corrected chi connectivity index (χ2v) is 5.96. The average Bonchev–Trinajstić information content (AvgIpc) is 2.61. The van der Waals surface area contributed by atoms with Crippen LogP contribution in [-0.2, 0) is 4.79 Å². The zero-order valence-electron chi connectivity index (χ0n) is 14.4. The van der Waals surface area contributed by atoms with Crippen LogP contribution >= 0.6 is 0 Å². The van der Waals surface area contributed by atoms with Crippen molar-refractivity contribution in [3.05, 3.63) is 71.9 Å². The molecule has 0 aliphatic carbocycles. The molecule has 3 N–H and O–H groups in total. The molecule has 6 nitrogen and oxygen atoms in total. The molecule has 2 atom stereocenters. The van der Waals surface area contributed by atoms with E-state index in [0.29, 0.717) is 17.5 Å². The zero-order chi connectivity index (χ0) is 19.6. The van der Waals surface area contributed by atoms with Crippen LogP contribution in [0.2, 0.25) is 0 Å². The number of benzene rings is 2. The molecule has 0 spiro atoms. The maximum atomic E-state index is 14.2. The van der Waals surface area contributed by atoms with Gasteiger partial charge in [-0.3, -0.25) is 4.79 Å². The number of anilines is 1. The van der Waals surface area contributed by atoms with Gasteiger partial charge in [-0.05, 0) is 30.3 Å². The summed E-state index contributed by atoms with van der Waals surface area (Å²) in [5.74, 6) is -2.52. The first-order chi connectivity index (χ1) is 12.9. The summed E-state index contributed by atoms with van der Waals surface area (Å²) in [4.78, 5) is 24.6. The van der Waals surface area contributed by atoms with Crippen molar-refractivity contribution in [1.29, 1.82) is 0 Å². The lowest BCUT2D eigenvalue weighted by molar-refractivity contribution is -0.119. The van der Waals surface area contributed by atoms with Gasteiger partial charge in [0.05, 0.1) is 13.2 Å². The van der Waals surface area contributed by atoms with Gasteiger partial charge < -0.3 is 20.7 Å². The summed E-state index contributed by atoms with van der Waals surface area (Å²) in [5, 5.41) is 7.62. The van der Waals surface area contributed by atoms with Crippen molar-refractivity contribution >= 4 is 17.6 Å². The van der Waals surface area contributed by atoms with Crippen molar-refractivity contribution in [3.8, 4) is 5.75 Å². The zero-order valence-corrected chi connectivity index (χ0v) is 14.4. The van der Waals surface area contributed by atoms with Crippen LogP contribution in [-0.4, -0.2) is 19.0 Å². The summed E-state index contributed by atoms with van der Waals surface area (Å²) in [6.45, 7) is 3.71. The Bertz CT molecular complexity index is 900. The minimum absolute atomic E-state index is 0.0118. The Morgan fingerprint density at radius 3 is 2.52 bits per heavy atom. The molecular formula is C19H17F2N3O3. The Morgan fingerprint density at radius 1 is 1.19 bits per heavy atom. The minimum atomic E-state index is -1.04. The van der Waals surface area contributed by atoms with Crippen LogP contribution in [0.5, 0.6) is 5.75 Å². The van der Waals surface area contributed by atoms with E-state index in [2.05, 4.69) is 22.5 Å². The van der Waals surface area contributed by atoms with E-state index in [1.807, 2.05) is 0 Å². The predicted molar refractivity (Wildman–Crippen MR) is 95.0 cm³/mol. The van der Waals surface area contributed by atoms with Gasteiger partial charge in [-0.15, -0.1) is 0 Å². The molecular weight excluding hydrogens is 356 g/mol. The molecule has 0 bridgehead atoms. The van der Waals surface area contributed by atoms with Gasteiger partial charge in [0.15, 0.2) is 0 Å². The maximum Gasteiger partial charge on any atom is 0.319 e. The first-order valence-electron chi connectivity index (χ1n) is 8.05. The highest BCUT2D eigenvalue weighted by atomic mass is 19.1. The van der Waals surface area contributed by atoms with E-state index in [1.165, 1.54) is 13.2 Å². The number of nitrogens with one attached hydrogen (secondary N) is 3. The molecule has 3 amide bonds. The smallest absolute Gasteiger partial charge is 0.319 e. The monoisotopic (exact) mass is 373 g/mol. The number of carbonyl (C=O) groups is 2. The standard InChI is InChI=1S/C19H17F2N3O3/c1-10-16(18(25)23-12-4-6-13(27-2)7-5-12)17(24-19(26)22-10)14-8-3-11(20)9-15(14)21/h3-9,16-17H,1H2,2H3,(H,23,25)(H2,22,24,26)/t16-,17-/m0/s1. The van der Waals surface area contributed by atoms with Gasteiger partial charge in [0.2, 0.25) is 5.91 Å². The van der Waals surface area contributed by atoms with Gasteiger partial charge in [0.25, 0.3) is 0 Å². The highest BCUT2D eigenvalue weighted by Gasteiger charge is 2.39. The van der Waals surface area contributed by atoms with Crippen LogP contribution in [0, 0.1) is 17.6 Å². The molecule has 2 aromatic carbocycles. The average molecular weight is 373 g/mol. The van der Waals surface area contributed by atoms with Crippen molar-refractivity contribution in [2.45, 2.75) is 6.04 Å². The lowest BCUT2D eigenvalue weighted by Gasteiger charge is -2.34. The topological polar surface area (TPSA) is 79.5 Å². The third-order valence-electron chi connectivity index (χ3n) is 4.21. The van der Waals surface area contributed by atoms with Crippen LogP contribution in [0.4, 0.5) is 19.3 Å². The number of ether oxygens (including phenoxy) is 1. The van der Waals surface area contributed by atoms with Crippen LogP contribution in [0.1, 0.15) is 11.6 Å². The molecule has 1 saturated heterocycles. The highest BCUT2D eigenvalue weighted by Crippen LogP contribution is 2.32. The van der Waals surface area contributed by atoms with E-state index < -0.39 is 35.5 Å². The summed E-state index contributed by atoms with van der Waals surface area (Å²) >= 11 is 0. The van der Waals surface area contributed by atoms with E-state index in [-0.39, 0.29) is 11.3 Å². The summed E-state index contributed by atoms with van der Waals surface area (Å²) in [6.07, 6.45) is 0. The Labute approximate surface area is 154 Å². The number of rotatable bonds is 4.